The van der Waals surface area contributed by atoms with Gasteiger partial charge in [0.1, 0.15) is 5.57 Å². The van der Waals surface area contributed by atoms with Crippen molar-refractivity contribution in [2.75, 3.05) is 4.90 Å². The van der Waals surface area contributed by atoms with Gasteiger partial charge in [0, 0.05) is 8.04 Å². The smallest absolute Gasteiger partial charge is 0.273 e. The Morgan fingerprint density at radius 1 is 1.12 bits per heavy atom. The molecule has 126 valence electrons. The Bertz CT molecular complexity index is 940. The third kappa shape index (κ3) is 3.52. The summed E-state index contributed by atoms with van der Waals surface area (Å²) in [5.41, 5.74) is 1.84. The Balaban J connectivity index is 2.07. The molecule has 1 saturated heterocycles. The number of urea groups is 1. The fourth-order valence-electron chi connectivity index (χ4n) is 2.49. The van der Waals surface area contributed by atoms with Gasteiger partial charge < -0.3 is 0 Å². The lowest BCUT2D eigenvalue weighted by Crippen LogP contribution is -2.54. The number of carbonyl (C=O) groups excluding carboxylic acids is 3. The maximum Gasteiger partial charge on any atom is 0.335 e. The van der Waals surface area contributed by atoms with E-state index in [1.165, 1.54) is 6.08 Å². The van der Waals surface area contributed by atoms with Crippen LogP contribution in [-0.2, 0) is 9.59 Å². The van der Waals surface area contributed by atoms with Crippen LogP contribution in [0.5, 0.6) is 0 Å². The van der Waals surface area contributed by atoms with Crippen LogP contribution in [0.15, 0.2) is 52.5 Å². The minimum atomic E-state index is -0.750. The number of aryl methyl sites for hydroxylation is 1. The second-order valence-electron chi connectivity index (χ2n) is 5.41. The molecule has 1 heterocycles. The molecule has 5 nitrogen and oxygen atoms in total. The van der Waals surface area contributed by atoms with Crippen molar-refractivity contribution in [3.05, 3.63) is 67.2 Å². The fraction of sp³-hybridized carbons (Fsp3) is 0.0556. The number of hydrogen-bond donors (Lipinski definition) is 1. The molecular weight excluding hydrogens is 499 g/mol. The molecule has 0 atom stereocenters. The van der Waals surface area contributed by atoms with Crippen LogP contribution in [0.4, 0.5) is 10.5 Å². The molecule has 4 amide bonds. The van der Waals surface area contributed by atoms with Gasteiger partial charge in [-0.1, -0.05) is 34.1 Å². The molecule has 7 heteroatoms. The van der Waals surface area contributed by atoms with Crippen LogP contribution in [0.1, 0.15) is 11.1 Å². The first-order chi connectivity index (χ1) is 11.9. The number of nitrogens with zero attached hydrogens (tertiary/aromatic N) is 1. The molecule has 2 aromatic carbocycles. The quantitative estimate of drug-likeness (QED) is 0.377. The van der Waals surface area contributed by atoms with Crippen LogP contribution in [0.3, 0.4) is 0 Å². The van der Waals surface area contributed by atoms with Gasteiger partial charge in [-0.2, -0.15) is 0 Å². The van der Waals surface area contributed by atoms with Gasteiger partial charge in [0.05, 0.1) is 5.69 Å². The molecule has 1 N–H and O–H groups in total. The van der Waals surface area contributed by atoms with Gasteiger partial charge in [-0.15, -0.1) is 0 Å². The molecule has 0 unspecified atom stereocenters. The molecule has 1 fully saturated rings. The van der Waals surface area contributed by atoms with Gasteiger partial charge in [0.2, 0.25) is 0 Å². The normalized spacial score (nSPS) is 16.4. The topological polar surface area (TPSA) is 66.5 Å². The Hall–Kier alpha value is -2.00. The number of carbonyl (C=O) groups is 3. The zero-order valence-electron chi connectivity index (χ0n) is 13.0. The third-order valence-corrected chi connectivity index (χ3v) is 5.18. The van der Waals surface area contributed by atoms with E-state index in [1.807, 2.05) is 18.2 Å². The predicted molar refractivity (Wildman–Crippen MR) is 107 cm³/mol. The van der Waals surface area contributed by atoms with E-state index in [2.05, 4.69) is 43.8 Å². The van der Waals surface area contributed by atoms with E-state index >= 15 is 0 Å². The number of barbiturate groups is 1. The number of imide groups is 2. The standard InChI is InChI=1S/C18H12BrIN2O3/c1-10-8-12(19)6-7-15(10)22-17(24)13(16(23)21-18(22)25)9-11-4-2-3-5-14(11)20/h2-9H,1H3,(H,21,23,25)/b13-9+. The monoisotopic (exact) mass is 510 g/mol. The van der Waals surface area contributed by atoms with Crippen molar-refractivity contribution in [1.29, 1.82) is 0 Å². The first-order valence-corrected chi connectivity index (χ1v) is 9.18. The number of nitrogens with one attached hydrogen (secondary N) is 1. The molecule has 0 bridgehead atoms. The zero-order valence-corrected chi connectivity index (χ0v) is 16.8. The Kier molecular flexibility index (Phi) is 5.05. The van der Waals surface area contributed by atoms with E-state index in [0.717, 1.165) is 24.1 Å². The van der Waals surface area contributed by atoms with Crippen molar-refractivity contribution in [3.63, 3.8) is 0 Å². The second-order valence-corrected chi connectivity index (χ2v) is 7.49. The number of benzene rings is 2. The summed E-state index contributed by atoms with van der Waals surface area (Å²) in [5.74, 6) is -1.33. The van der Waals surface area contributed by atoms with E-state index in [9.17, 15) is 14.4 Å². The van der Waals surface area contributed by atoms with E-state index in [1.54, 1.807) is 31.2 Å². The van der Waals surface area contributed by atoms with Gasteiger partial charge in [0.25, 0.3) is 11.8 Å². The van der Waals surface area contributed by atoms with Crippen LogP contribution < -0.4 is 10.2 Å². The number of halogens is 2. The maximum absolute atomic E-state index is 12.9. The summed E-state index contributed by atoms with van der Waals surface area (Å²) in [6.07, 6.45) is 1.51. The molecule has 1 aliphatic rings. The highest BCUT2D eigenvalue weighted by atomic mass is 127. The Labute approximate surface area is 166 Å². The molecule has 1 aliphatic heterocycles. The van der Waals surface area contributed by atoms with Crippen molar-refractivity contribution in [3.8, 4) is 0 Å². The van der Waals surface area contributed by atoms with E-state index < -0.39 is 17.8 Å². The van der Waals surface area contributed by atoms with Crippen molar-refractivity contribution >= 4 is 68.1 Å². The molecule has 2 aromatic rings. The van der Waals surface area contributed by atoms with Crippen LogP contribution >= 0.6 is 38.5 Å². The van der Waals surface area contributed by atoms with Gasteiger partial charge in [-0.25, -0.2) is 9.69 Å². The number of rotatable bonds is 2. The van der Waals surface area contributed by atoms with Crippen LogP contribution in [0.25, 0.3) is 6.08 Å². The number of hydrogen-bond acceptors (Lipinski definition) is 3. The Morgan fingerprint density at radius 2 is 1.84 bits per heavy atom. The van der Waals surface area contributed by atoms with E-state index in [4.69, 9.17) is 0 Å². The highest BCUT2D eigenvalue weighted by Crippen LogP contribution is 2.28. The predicted octanol–water partition coefficient (Wildman–Crippen LogP) is 4.03. The van der Waals surface area contributed by atoms with Crippen molar-refractivity contribution in [1.82, 2.24) is 5.32 Å². The molecule has 0 aromatic heterocycles. The molecule has 3 rings (SSSR count). The minimum Gasteiger partial charge on any atom is -0.273 e. The molecule has 25 heavy (non-hydrogen) atoms. The summed E-state index contributed by atoms with van der Waals surface area (Å²) in [7, 11) is 0. The highest BCUT2D eigenvalue weighted by Gasteiger charge is 2.37. The first-order valence-electron chi connectivity index (χ1n) is 7.30. The van der Waals surface area contributed by atoms with Crippen LogP contribution in [0, 0.1) is 10.5 Å². The van der Waals surface area contributed by atoms with Gasteiger partial charge in [-0.3, -0.25) is 14.9 Å². The molecule has 0 aliphatic carbocycles. The summed E-state index contributed by atoms with van der Waals surface area (Å²) in [6.45, 7) is 1.79. The molecule has 0 saturated carbocycles. The van der Waals surface area contributed by atoms with Gasteiger partial charge >= 0.3 is 6.03 Å². The summed E-state index contributed by atoms with van der Waals surface area (Å²) in [4.78, 5) is 38.3. The van der Waals surface area contributed by atoms with E-state index in [0.29, 0.717) is 5.69 Å². The Morgan fingerprint density at radius 3 is 2.52 bits per heavy atom. The summed E-state index contributed by atoms with van der Waals surface area (Å²) < 4.78 is 1.74. The lowest BCUT2D eigenvalue weighted by Gasteiger charge is -2.27. The van der Waals surface area contributed by atoms with Crippen LogP contribution in [0.2, 0.25) is 0 Å². The van der Waals surface area contributed by atoms with E-state index in [-0.39, 0.29) is 5.57 Å². The average Bonchev–Trinajstić information content (AvgIpc) is 2.55. The van der Waals surface area contributed by atoms with Crippen molar-refractivity contribution in [2.24, 2.45) is 0 Å². The fourth-order valence-corrected chi connectivity index (χ4v) is 3.51. The lowest BCUT2D eigenvalue weighted by molar-refractivity contribution is -0.122. The second kappa shape index (κ2) is 7.09. The summed E-state index contributed by atoms with van der Waals surface area (Å²) in [5, 5.41) is 2.23. The number of amides is 4. The maximum atomic E-state index is 12.9. The molecule has 0 spiro atoms. The third-order valence-electron chi connectivity index (χ3n) is 3.71. The minimum absolute atomic E-state index is 0.0777. The SMILES string of the molecule is Cc1cc(Br)ccc1N1C(=O)NC(=O)/C(=C\c2ccccc2I)C1=O. The zero-order chi connectivity index (χ0) is 18.1. The number of anilines is 1. The first kappa shape index (κ1) is 17.8. The van der Waals surface area contributed by atoms with Gasteiger partial charge in [-0.05, 0) is 71.0 Å². The van der Waals surface area contributed by atoms with Crippen molar-refractivity contribution in [2.45, 2.75) is 6.92 Å². The highest BCUT2D eigenvalue weighted by molar-refractivity contribution is 14.1. The molecular formula is C18H12BrIN2O3. The summed E-state index contributed by atoms with van der Waals surface area (Å²) in [6, 6.07) is 11.8. The lowest BCUT2D eigenvalue weighted by atomic mass is 10.1. The molecule has 0 radical (unpaired) electrons. The van der Waals surface area contributed by atoms with Crippen molar-refractivity contribution < 1.29 is 14.4 Å². The average molecular weight is 511 g/mol. The van der Waals surface area contributed by atoms with Gasteiger partial charge in [0.15, 0.2) is 0 Å². The summed E-state index contributed by atoms with van der Waals surface area (Å²) >= 11 is 5.48. The van der Waals surface area contributed by atoms with Crippen LogP contribution in [-0.4, -0.2) is 17.8 Å². The largest absolute Gasteiger partial charge is 0.335 e.